The summed E-state index contributed by atoms with van der Waals surface area (Å²) in [6.07, 6.45) is 2.08. The third-order valence-electron chi connectivity index (χ3n) is 3.65. The van der Waals surface area contributed by atoms with Crippen molar-refractivity contribution in [3.63, 3.8) is 0 Å². The van der Waals surface area contributed by atoms with Crippen molar-refractivity contribution >= 4 is 40.6 Å². The highest BCUT2D eigenvalue weighted by molar-refractivity contribution is 6.36. The molecule has 0 bridgehead atoms. The lowest BCUT2D eigenvalue weighted by Gasteiger charge is -2.08. The fraction of sp³-hybridized carbons (Fsp3) is 0.0526. The predicted molar refractivity (Wildman–Crippen MR) is 98.4 cm³/mol. The molecule has 0 fully saturated rings. The Kier molecular flexibility index (Phi) is 5.20. The molecule has 0 aliphatic rings. The highest BCUT2D eigenvalue weighted by Gasteiger charge is 2.11. The number of rotatable bonds is 4. The highest BCUT2D eigenvalue weighted by atomic mass is 35.5. The lowest BCUT2D eigenvalue weighted by atomic mass is 10.00. The van der Waals surface area contributed by atoms with Gasteiger partial charge in [0, 0.05) is 33.8 Å². The van der Waals surface area contributed by atoms with E-state index in [9.17, 15) is 4.79 Å². The van der Waals surface area contributed by atoms with Crippen molar-refractivity contribution in [2.24, 2.45) is 0 Å². The van der Waals surface area contributed by atoms with Crippen LogP contribution in [0.3, 0.4) is 0 Å². The van der Waals surface area contributed by atoms with Gasteiger partial charge in [-0.1, -0.05) is 65.1 Å². The van der Waals surface area contributed by atoms with Gasteiger partial charge in [-0.15, -0.1) is 0 Å². The van der Waals surface area contributed by atoms with Crippen LogP contribution < -0.4 is 0 Å². The zero-order chi connectivity index (χ0) is 17.1. The van der Waals surface area contributed by atoms with Crippen LogP contribution in [0.5, 0.6) is 0 Å². The van der Waals surface area contributed by atoms with E-state index in [4.69, 9.17) is 34.8 Å². The first kappa shape index (κ1) is 17.0. The number of carbonyl (C=O) groups is 1. The molecule has 5 heteroatoms. The van der Waals surface area contributed by atoms with Crippen molar-refractivity contribution in [1.29, 1.82) is 0 Å². The minimum Gasteiger partial charge on any atom is -0.289 e. The molecule has 0 amide bonds. The van der Waals surface area contributed by atoms with E-state index < -0.39 is 0 Å². The molecule has 3 aromatic rings. The molecule has 0 aliphatic carbocycles. The first-order valence-electron chi connectivity index (χ1n) is 7.22. The molecule has 0 aliphatic heterocycles. The molecule has 3 rings (SSSR count). The van der Waals surface area contributed by atoms with Crippen molar-refractivity contribution in [3.05, 3.63) is 98.2 Å². The van der Waals surface area contributed by atoms with Gasteiger partial charge >= 0.3 is 0 Å². The normalized spacial score (nSPS) is 10.6. The van der Waals surface area contributed by atoms with Gasteiger partial charge in [-0.2, -0.15) is 0 Å². The SMILES string of the molecule is O=C(c1ccc(Cc2c(Cl)cccc2Cl)cc1)c1ccc(Cl)nc1. The van der Waals surface area contributed by atoms with Crippen molar-refractivity contribution in [2.75, 3.05) is 0 Å². The van der Waals surface area contributed by atoms with Gasteiger partial charge in [-0.05, 0) is 35.4 Å². The Hall–Kier alpha value is -1.87. The summed E-state index contributed by atoms with van der Waals surface area (Å²) in [6, 6.07) is 16.1. The number of halogens is 3. The number of carbonyl (C=O) groups excluding carboxylic acids is 1. The van der Waals surface area contributed by atoms with Crippen LogP contribution in [0.2, 0.25) is 15.2 Å². The Morgan fingerprint density at radius 2 is 1.46 bits per heavy atom. The summed E-state index contributed by atoms with van der Waals surface area (Å²) in [5.74, 6) is -0.0958. The fourth-order valence-corrected chi connectivity index (χ4v) is 3.00. The minimum absolute atomic E-state index is 0.0958. The minimum atomic E-state index is -0.0958. The van der Waals surface area contributed by atoms with Crippen LogP contribution in [-0.2, 0) is 6.42 Å². The maximum Gasteiger partial charge on any atom is 0.194 e. The van der Waals surface area contributed by atoms with Crippen LogP contribution >= 0.6 is 34.8 Å². The van der Waals surface area contributed by atoms with E-state index in [-0.39, 0.29) is 5.78 Å². The Labute approximate surface area is 155 Å². The van der Waals surface area contributed by atoms with Crippen LogP contribution in [0, 0.1) is 0 Å². The molecule has 0 atom stereocenters. The second-order valence-corrected chi connectivity index (χ2v) is 6.47. The van der Waals surface area contributed by atoms with E-state index in [0.717, 1.165) is 11.1 Å². The van der Waals surface area contributed by atoms with E-state index in [1.54, 1.807) is 24.3 Å². The average molecular weight is 377 g/mol. The third-order valence-corrected chi connectivity index (χ3v) is 4.58. The van der Waals surface area contributed by atoms with Gasteiger partial charge < -0.3 is 0 Å². The second-order valence-electron chi connectivity index (χ2n) is 5.27. The molecule has 24 heavy (non-hydrogen) atoms. The second kappa shape index (κ2) is 7.35. The molecule has 1 heterocycles. The standard InChI is InChI=1S/C19H12Cl3NO/c20-16-2-1-3-17(21)15(16)10-12-4-6-13(7-5-12)19(24)14-8-9-18(22)23-11-14/h1-9,11H,10H2. The molecule has 0 unspecified atom stereocenters. The molecule has 0 saturated carbocycles. The Balaban J connectivity index is 1.80. The Morgan fingerprint density at radius 1 is 0.833 bits per heavy atom. The summed E-state index contributed by atoms with van der Waals surface area (Å²) in [4.78, 5) is 16.3. The first-order valence-corrected chi connectivity index (χ1v) is 8.36. The van der Waals surface area contributed by atoms with E-state index >= 15 is 0 Å². The van der Waals surface area contributed by atoms with Gasteiger partial charge in [0.05, 0.1) is 0 Å². The smallest absolute Gasteiger partial charge is 0.194 e. The first-order chi connectivity index (χ1) is 11.5. The zero-order valence-electron chi connectivity index (χ0n) is 12.5. The number of benzene rings is 2. The highest BCUT2D eigenvalue weighted by Crippen LogP contribution is 2.27. The monoisotopic (exact) mass is 375 g/mol. The van der Waals surface area contributed by atoms with E-state index in [2.05, 4.69) is 4.98 Å². The predicted octanol–water partition coefficient (Wildman–Crippen LogP) is 5.86. The molecular weight excluding hydrogens is 365 g/mol. The van der Waals surface area contributed by atoms with Gasteiger partial charge in [0.15, 0.2) is 5.78 Å². The van der Waals surface area contributed by atoms with Gasteiger partial charge in [0.1, 0.15) is 5.15 Å². The molecular formula is C19H12Cl3NO. The Bertz CT molecular complexity index is 854. The summed E-state index contributed by atoms with van der Waals surface area (Å²) < 4.78 is 0. The van der Waals surface area contributed by atoms with Crippen LogP contribution in [0.25, 0.3) is 0 Å². The van der Waals surface area contributed by atoms with E-state index in [0.29, 0.717) is 32.7 Å². The number of hydrogen-bond acceptors (Lipinski definition) is 2. The summed E-state index contributed by atoms with van der Waals surface area (Å²) >= 11 is 18.1. The van der Waals surface area contributed by atoms with Gasteiger partial charge in [0.2, 0.25) is 0 Å². The molecule has 0 spiro atoms. The number of pyridine rings is 1. The lowest BCUT2D eigenvalue weighted by molar-refractivity contribution is 0.103. The van der Waals surface area contributed by atoms with Gasteiger partial charge in [-0.3, -0.25) is 4.79 Å². The zero-order valence-corrected chi connectivity index (χ0v) is 14.7. The molecule has 1 aromatic heterocycles. The summed E-state index contributed by atoms with van der Waals surface area (Å²) in [6.45, 7) is 0. The quantitative estimate of drug-likeness (QED) is 0.421. The summed E-state index contributed by atoms with van der Waals surface area (Å²) in [5, 5.41) is 1.63. The summed E-state index contributed by atoms with van der Waals surface area (Å²) in [7, 11) is 0. The fourth-order valence-electron chi connectivity index (χ4n) is 2.36. The molecule has 0 saturated heterocycles. The molecule has 2 nitrogen and oxygen atoms in total. The maximum atomic E-state index is 12.4. The van der Waals surface area contributed by atoms with Crippen LogP contribution in [0.15, 0.2) is 60.8 Å². The third kappa shape index (κ3) is 3.78. The number of aromatic nitrogens is 1. The van der Waals surface area contributed by atoms with Crippen LogP contribution in [0.4, 0.5) is 0 Å². The Morgan fingerprint density at radius 3 is 2.04 bits per heavy atom. The van der Waals surface area contributed by atoms with Gasteiger partial charge in [-0.25, -0.2) is 4.98 Å². The van der Waals surface area contributed by atoms with E-state index in [1.807, 2.05) is 30.3 Å². The van der Waals surface area contributed by atoms with Crippen LogP contribution in [-0.4, -0.2) is 10.8 Å². The average Bonchev–Trinajstić information content (AvgIpc) is 2.59. The lowest BCUT2D eigenvalue weighted by Crippen LogP contribution is -2.02. The maximum absolute atomic E-state index is 12.4. The van der Waals surface area contributed by atoms with Crippen LogP contribution in [0.1, 0.15) is 27.0 Å². The van der Waals surface area contributed by atoms with Crippen molar-refractivity contribution < 1.29 is 4.79 Å². The number of nitrogens with zero attached hydrogens (tertiary/aromatic N) is 1. The molecule has 0 N–H and O–H groups in total. The van der Waals surface area contributed by atoms with Crippen molar-refractivity contribution in [3.8, 4) is 0 Å². The largest absolute Gasteiger partial charge is 0.289 e. The van der Waals surface area contributed by atoms with Crippen molar-refractivity contribution in [1.82, 2.24) is 4.98 Å². The van der Waals surface area contributed by atoms with Crippen molar-refractivity contribution in [2.45, 2.75) is 6.42 Å². The van der Waals surface area contributed by atoms with E-state index in [1.165, 1.54) is 6.20 Å². The molecule has 120 valence electrons. The van der Waals surface area contributed by atoms with Gasteiger partial charge in [0.25, 0.3) is 0 Å². The molecule has 2 aromatic carbocycles. The topological polar surface area (TPSA) is 30.0 Å². The number of hydrogen-bond donors (Lipinski definition) is 0. The summed E-state index contributed by atoms with van der Waals surface area (Å²) in [5.41, 5.74) is 2.99. The number of ketones is 1. The molecule has 0 radical (unpaired) electrons.